The summed E-state index contributed by atoms with van der Waals surface area (Å²) in [6.07, 6.45) is 0. The standard InChI is InChI=1S/C26H19N3O2S4/c30-24(22-9-5-15-33-22)27-18-10-12-19(13-11-18)35-23(17-6-2-1-3-7-17)25(31)29-26-28-20(16-34-26)21-8-4-14-32-21/h1-16,23H,(H,27,30)(H,28,29,31). The fraction of sp³-hybridized carbons (Fsp3) is 0.0385. The van der Waals surface area contributed by atoms with Gasteiger partial charge in [-0.3, -0.25) is 9.59 Å². The lowest BCUT2D eigenvalue weighted by molar-refractivity contribution is -0.115. The van der Waals surface area contributed by atoms with E-state index in [1.165, 1.54) is 34.4 Å². The molecule has 35 heavy (non-hydrogen) atoms. The summed E-state index contributed by atoms with van der Waals surface area (Å²) in [5.41, 5.74) is 2.47. The number of carbonyl (C=O) groups excluding carboxylic acids is 2. The van der Waals surface area contributed by atoms with Gasteiger partial charge in [-0.25, -0.2) is 4.98 Å². The van der Waals surface area contributed by atoms with Gasteiger partial charge in [0.15, 0.2) is 5.13 Å². The van der Waals surface area contributed by atoms with Crippen LogP contribution in [-0.2, 0) is 4.79 Å². The van der Waals surface area contributed by atoms with Crippen molar-refractivity contribution in [2.75, 3.05) is 10.6 Å². The van der Waals surface area contributed by atoms with Crippen molar-refractivity contribution in [3.63, 3.8) is 0 Å². The summed E-state index contributed by atoms with van der Waals surface area (Å²) in [4.78, 5) is 32.9. The van der Waals surface area contributed by atoms with Crippen LogP contribution < -0.4 is 10.6 Å². The number of carbonyl (C=O) groups is 2. The molecule has 2 amide bonds. The van der Waals surface area contributed by atoms with Gasteiger partial charge in [0.1, 0.15) is 5.25 Å². The Bertz CT molecular complexity index is 1400. The molecule has 0 saturated carbocycles. The molecule has 0 bridgehead atoms. The minimum Gasteiger partial charge on any atom is -0.321 e. The lowest BCUT2D eigenvalue weighted by atomic mass is 10.1. The third-order valence-corrected chi connectivity index (χ3v) is 8.74. The van der Waals surface area contributed by atoms with Crippen LogP contribution in [0.3, 0.4) is 0 Å². The molecule has 3 aromatic heterocycles. The zero-order chi connectivity index (χ0) is 24.0. The van der Waals surface area contributed by atoms with Crippen molar-refractivity contribution in [1.29, 1.82) is 0 Å². The van der Waals surface area contributed by atoms with E-state index in [-0.39, 0.29) is 11.8 Å². The Kier molecular flexibility index (Phi) is 7.39. The normalized spacial score (nSPS) is 11.7. The fourth-order valence-corrected chi connectivity index (χ4v) is 6.41. The van der Waals surface area contributed by atoms with Crippen molar-refractivity contribution in [2.24, 2.45) is 0 Å². The second-order valence-electron chi connectivity index (χ2n) is 7.37. The number of thiazole rings is 1. The molecule has 0 aliphatic carbocycles. The number of hydrogen-bond donors (Lipinski definition) is 2. The van der Waals surface area contributed by atoms with Crippen molar-refractivity contribution < 1.29 is 9.59 Å². The highest BCUT2D eigenvalue weighted by molar-refractivity contribution is 8.00. The summed E-state index contributed by atoms with van der Waals surface area (Å²) >= 11 is 5.89. The number of aromatic nitrogens is 1. The van der Waals surface area contributed by atoms with Crippen molar-refractivity contribution in [2.45, 2.75) is 10.1 Å². The molecule has 0 aliphatic rings. The molecule has 174 valence electrons. The monoisotopic (exact) mass is 533 g/mol. The van der Waals surface area contributed by atoms with E-state index in [2.05, 4.69) is 15.6 Å². The van der Waals surface area contributed by atoms with Gasteiger partial charge in [-0.1, -0.05) is 42.5 Å². The second kappa shape index (κ2) is 11.0. The van der Waals surface area contributed by atoms with Crippen LogP contribution in [0.1, 0.15) is 20.5 Å². The first-order valence-corrected chi connectivity index (χ1v) is 14.1. The number of nitrogens with zero attached hydrogens (tertiary/aromatic N) is 1. The van der Waals surface area contributed by atoms with Crippen LogP contribution in [0.2, 0.25) is 0 Å². The molecule has 1 atom stereocenters. The van der Waals surface area contributed by atoms with Gasteiger partial charge in [-0.2, -0.15) is 0 Å². The van der Waals surface area contributed by atoms with E-state index in [0.717, 1.165) is 21.0 Å². The molecule has 0 saturated heterocycles. The molecule has 1 unspecified atom stereocenters. The summed E-state index contributed by atoms with van der Waals surface area (Å²) in [5, 5.41) is 11.8. The minimum absolute atomic E-state index is 0.132. The highest BCUT2D eigenvalue weighted by Gasteiger charge is 2.23. The topological polar surface area (TPSA) is 71.1 Å². The number of nitrogens with one attached hydrogen (secondary N) is 2. The van der Waals surface area contributed by atoms with Gasteiger partial charge in [0.05, 0.1) is 15.4 Å². The molecule has 2 N–H and O–H groups in total. The van der Waals surface area contributed by atoms with E-state index in [4.69, 9.17) is 0 Å². The molecule has 5 nitrogen and oxygen atoms in total. The first-order valence-electron chi connectivity index (χ1n) is 10.6. The first kappa shape index (κ1) is 23.5. The minimum atomic E-state index is -0.461. The highest BCUT2D eigenvalue weighted by Crippen LogP contribution is 2.37. The average Bonchev–Trinajstić information content (AvgIpc) is 3.67. The number of amides is 2. The predicted molar refractivity (Wildman–Crippen MR) is 148 cm³/mol. The quantitative estimate of drug-likeness (QED) is 0.201. The van der Waals surface area contributed by atoms with E-state index in [9.17, 15) is 9.59 Å². The Balaban J connectivity index is 1.30. The van der Waals surface area contributed by atoms with Gasteiger partial charge < -0.3 is 10.6 Å². The Morgan fingerprint density at radius 2 is 1.57 bits per heavy atom. The summed E-state index contributed by atoms with van der Waals surface area (Å²) in [6, 6.07) is 24.9. The third kappa shape index (κ3) is 5.88. The lowest BCUT2D eigenvalue weighted by Crippen LogP contribution is -2.19. The van der Waals surface area contributed by atoms with Gasteiger partial charge in [0.2, 0.25) is 5.91 Å². The van der Waals surface area contributed by atoms with Crippen molar-refractivity contribution in [3.05, 3.63) is 105 Å². The predicted octanol–water partition coefficient (Wildman–Crippen LogP) is 7.66. The number of thioether (sulfide) groups is 1. The van der Waals surface area contributed by atoms with Gasteiger partial charge in [0.25, 0.3) is 5.91 Å². The molecule has 0 fully saturated rings. The van der Waals surface area contributed by atoms with E-state index in [1.54, 1.807) is 17.4 Å². The molecule has 3 heterocycles. The maximum atomic E-state index is 13.3. The molecule has 0 aliphatic heterocycles. The Labute approximate surface area is 218 Å². The van der Waals surface area contributed by atoms with Gasteiger partial charge >= 0.3 is 0 Å². The molecular weight excluding hydrogens is 515 g/mol. The van der Waals surface area contributed by atoms with Crippen LogP contribution in [0.25, 0.3) is 10.6 Å². The zero-order valence-electron chi connectivity index (χ0n) is 18.2. The van der Waals surface area contributed by atoms with E-state index >= 15 is 0 Å². The maximum Gasteiger partial charge on any atom is 0.265 e. The van der Waals surface area contributed by atoms with Crippen LogP contribution in [0.5, 0.6) is 0 Å². The fourth-order valence-electron chi connectivity index (χ4n) is 3.29. The van der Waals surface area contributed by atoms with Gasteiger partial charge in [-0.05, 0) is 52.7 Å². The summed E-state index contributed by atoms with van der Waals surface area (Å²) in [6.45, 7) is 0. The first-order chi connectivity index (χ1) is 17.2. The van der Waals surface area contributed by atoms with Gasteiger partial charge in [0, 0.05) is 16.0 Å². The van der Waals surface area contributed by atoms with Crippen LogP contribution in [0.15, 0.2) is 99.9 Å². The van der Waals surface area contributed by atoms with Crippen LogP contribution in [-0.4, -0.2) is 16.8 Å². The largest absolute Gasteiger partial charge is 0.321 e. The van der Waals surface area contributed by atoms with Crippen molar-refractivity contribution in [1.82, 2.24) is 4.98 Å². The Hall–Kier alpha value is -3.24. The summed E-state index contributed by atoms with van der Waals surface area (Å²) in [7, 11) is 0. The number of anilines is 2. The number of hydrogen-bond acceptors (Lipinski definition) is 7. The number of rotatable bonds is 8. The van der Waals surface area contributed by atoms with Crippen LogP contribution >= 0.6 is 45.8 Å². The highest BCUT2D eigenvalue weighted by atomic mass is 32.2. The summed E-state index contributed by atoms with van der Waals surface area (Å²) < 4.78 is 0. The lowest BCUT2D eigenvalue weighted by Gasteiger charge is -2.16. The van der Waals surface area contributed by atoms with E-state index in [1.807, 2.05) is 88.9 Å². The molecule has 0 radical (unpaired) electrons. The smallest absolute Gasteiger partial charge is 0.265 e. The molecule has 0 spiro atoms. The maximum absolute atomic E-state index is 13.3. The Morgan fingerprint density at radius 3 is 2.29 bits per heavy atom. The number of benzene rings is 2. The third-order valence-electron chi connectivity index (χ3n) is 4.96. The number of thiophene rings is 2. The van der Waals surface area contributed by atoms with Crippen molar-refractivity contribution >= 4 is 68.4 Å². The van der Waals surface area contributed by atoms with Crippen LogP contribution in [0.4, 0.5) is 10.8 Å². The Morgan fingerprint density at radius 1 is 0.800 bits per heavy atom. The van der Waals surface area contributed by atoms with E-state index in [0.29, 0.717) is 15.7 Å². The van der Waals surface area contributed by atoms with Gasteiger partial charge in [-0.15, -0.1) is 45.8 Å². The summed E-state index contributed by atoms with van der Waals surface area (Å²) in [5.74, 6) is -0.268. The molecular formula is C26H19N3O2S4. The molecule has 5 aromatic rings. The second-order valence-corrected chi connectivity index (χ2v) is 11.3. The zero-order valence-corrected chi connectivity index (χ0v) is 21.5. The van der Waals surface area contributed by atoms with E-state index < -0.39 is 5.25 Å². The molecule has 5 rings (SSSR count). The average molecular weight is 534 g/mol. The van der Waals surface area contributed by atoms with Crippen LogP contribution in [0, 0.1) is 0 Å². The molecule has 9 heteroatoms. The SMILES string of the molecule is O=C(Nc1ccc(SC(C(=O)Nc2nc(-c3cccs3)cs2)c2ccccc2)cc1)c1cccs1. The molecule has 2 aromatic carbocycles. The van der Waals surface area contributed by atoms with Crippen molar-refractivity contribution in [3.8, 4) is 10.6 Å².